The SMILES string of the molecule is CC(CNC1CCCC(C(=O)O)C1)CN1CCCCC1. The molecule has 0 aromatic rings. The van der Waals surface area contributed by atoms with E-state index in [0.29, 0.717) is 12.0 Å². The molecular formula is C16H30N2O2. The molecule has 1 aliphatic carbocycles. The molecule has 4 heteroatoms. The van der Waals surface area contributed by atoms with Gasteiger partial charge in [-0.15, -0.1) is 0 Å². The second kappa shape index (κ2) is 7.99. The van der Waals surface area contributed by atoms with E-state index in [9.17, 15) is 4.79 Å². The average molecular weight is 282 g/mol. The van der Waals surface area contributed by atoms with E-state index in [1.807, 2.05) is 0 Å². The van der Waals surface area contributed by atoms with Gasteiger partial charge in [0.15, 0.2) is 0 Å². The molecule has 0 aromatic carbocycles. The average Bonchev–Trinajstić information content (AvgIpc) is 2.46. The van der Waals surface area contributed by atoms with E-state index in [0.717, 1.165) is 32.2 Å². The normalized spacial score (nSPS) is 30.1. The highest BCUT2D eigenvalue weighted by Crippen LogP contribution is 2.24. The summed E-state index contributed by atoms with van der Waals surface area (Å²) < 4.78 is 0. The van der Waals surface area contributed by atoms with Crippen molar-refractivity contribution in [2.75, 3.05) is 26.2 Å². The number of hydrogen-bond acceptors (Lipinski definition) is 3. The Kier molecular flexibility index (Phi) is 6.30. The van der Waals surface area contributed by atoms with Gasteiger partial charge in [-0.2, -0.15) is 0 Å². The van der Waals surface area contributed by atoms with Gasteiger partial charge in [-0.1, -0.05) is 19.8 Å². The molecule has 1 saturated heterocycles. The molecule has 0 amide bonds. The highest BCUT2D eigenvalue weighted by molar-refractivity contribution is 5.70. The molecule has 0 bridgehead atoms. The molecule has 1 saturated carbocycles. The number of hydrogen-bond donors (Lipinski definition) is 2. The predicted octanol–water partition coefficient (Wildman–Crippen LogP) is 2.34. The minimum atomic E-state index is -0.613. The number of nitrogens with one attached hydrogen (secondary N) is 1. The van der Waals surface area contributed by atoms with E-state index >= 15 is 0 Å². The summed E-state index contributed by atoms with van der Waals surface area (Å²) in [5.41, 5.74) is 0. The van der Waals surface area contributed by atoms with Crippen molar-refractivity contribution in [2.45, 2.75) is 57.9 Å². The maximum atomic E-state index is 11.1. The molecule has 1 aliphatic heterocycles. The molecule has 0 spiro atoms. The van der Waals surface area contributed by atoms with Crippen molar-refractivity contribution in [1.29, 1.82) is 0 Å². The number of nitrogens with zero attached hydrogens (tertiary/aromatic N) is 1. The summed E-state index contributed by atoms with van der Waals surface area (Å²) in [5.74, 6) is -0.0881. The van der Waals surface area contributed by atoms with E-state index in [-0.39, 0.29) is 5.92 Å². The van der Waals surface area contributed by atoms with Gasteiger partial charge < -0.3 is 15.3 Å². The summed E-state index contributed by atoms with van der Waals surface area (Å²) in [5, 5.41) is 12.7. The predicted molar refractivity (Wildman–Crippen MR) is 80.8 cm³/mol. The van der Waals surface area contributed by atoms with Gasteiger partial charge in [0.1, 0.15) is 0 Å². The monoisotopic (exact) mass is 282 g/mol. The summed E-state index contributed by atoms with van der Waals surface area (Å²) in [7, 11) is 0. The van der Waals surface area contributed by atoms with Crippen LogP contribution in [0.1, 0.15) is 51.9 Å². The van der Waals surface area contributed by atoms with Crippen LogP contribution in [0.2, 0.25) is 0 Å². The number of carboxylic acids is 1. The van der Waals surface area contributed by atoms with Crippen LogP contribution in [-0.2, 0) is 4.79 Å². The van der Waals surface area contributed by atoms with Crippen molar-refractivity contribution in [3.8, 4) is 0 Å². The van der Waals surface area contributed by atoms with E-state index in [1.54, 1.807) is 0 Å². The van der Waals surface area contributed by atoms with Crippen LogP contribution in [0, 0.1) is 11.8 Å². The first kappa shape index (κ1) is 15.8. The molecule has 2 aliphatic rings. The van der Waals surface area contributed by atoms with E-state index in [2.05, 4.69) is 17.1 Å². The van der Waals surface area contributed by atoms with Gasteiger partial charge in [0.25, 0.3) is 0 Å². The van der Waals surface area contributed by atoms with E-state index < -0.39 is 5.97 Å². The lowest BCUT2D eigenvalue weighted by molar-refractivity contribution is -0.143. The van der Waals surface area contributed by atoms with Crippen molar-refractivity contribution < 1.29 is 9.90 Å². The Balaban J connectivity index is 1.64. The second-order valence-corrected chi connectivity index (χ2v) is 6.77. The number of likely N-dealkylation sites (tertiary alicyclic amines) is 1. The zero-order valence-electron chi connectivity index (χ0n) is 12.8. The van der Waals surface area contributed by atoms with Crippen LogP contribution in [0.15, 0.2) is 0 Å². The summed E-state index contributed by atoms with van der Waals surface area (Å²) >= 11 is 0. The third-order valence-corrected chi connectivity index (χ3v) is 4.80. The van der Waals surface area contributed by atoms with Crippen LogP contribution in [-0.4, -0.2) is 48.2 Å². The molecule has 116 valence electrons. The summed E-state index contributed by atoms with van der Waals surface area (Å²) in [6.07, 6.45) is 7.95. The highest BCUT2D eigenvalue weighted by Gasteiger charge is 2.26. The molecular weight excluding hydrogens is 252 g/mol. The third kappa shape index (κ3) is 5.06. The Morgan fingerprint density at radius 2 is 2.00 bits per heavy atom. The standard InChI is InChI=1S/C16H30N2O2/c1-13(12-18-8-3-2-4-9-18)11-17-15-7-5-6-14(10-15)16(19)20/h13-15,17H,2-12H2,1H3,(H,19,20). The molecule has 3 atom stereocenters. The lowest BCUT2D eigenvalue weighted by Crippen LogP contribution is -2.41. The maximum Gasteiger partial charge on any atom is 0.306 e. The molecule has 0 aromatic heterocycles. The number of piperidine rings is 1. The zero-order chi connectivity index (χ0) is 14.4. The molecule has 0 radical (unpaired) electrons. The molecule has 2 N–H and O–H groups in total. The van der Waals surface area contributed by atoms with Crippen LogP contribution < -0.4 is 5.32 Å². The molecule has 3 unspecified atom stereocenters. The fourth-order valence-electron chi connectivity index (χ4n) is 3.61. The van der Waals surface area contributed by atoms with Crippen LogP contribution in [0.4, 0.5) is 0 Å². The largest absolute Gasteiger partial charge is 0.481 e. The molecule has 4 nitrogen and oxygen atoms in total. The first-order valence-electron chi connectivity index (χ1n) is 8.33. The van der Waals surface area contributed by atoms with E-state index in [1.165, 1.54) is 38.9 Å². The Morgan fingerprint density at radius 1 is 1.25 bits per heavy atom. The summed E-state index contributed by atoms with van der Waals surface area (Å²) in [6, 6.07) is 0.411. The molecule has 1 heterocycles. The maximum absolute atomic E-state index is 11.1. The first-order chi connectivity index (χ1) is 9.65. The minimum Gasteiger partial charge on any atom is -0.481 e. The number of rotatable bonds is 6. The second-order valence-electron chi connectivity index (χ2n) is 6.77. The van der Waals surface area contributed by atoms with E-state index in [4.69, 9.17) is 5.11 Å². The Labute approximate surface area is 122 Å². The molecule has 20 heavy (non-hydrogen) atoms. The Morgan fingerprint density at radius 3 is 2.70 bits per heavy atom. The quantitative estimate of drug-likeness (QED) is 0.785. The Bertz CT molecular complexity index is 303. The van der Waals surface area contributed by atoms with Crippen molar-refractivity contribution >= 4 is 5.97 Å². The van der Waals surface area contributed by atoms with Crippen LogP contribution in [0.3, 0.4) is 0 Å². The van der Waals surface area contributed by atoms with Crippen molar-refractivity contribution in [1.82, 2.24) is 10.2 Å². The molecule has 2 rings (SSSR count). The van der Waals surface area contributed by atoms with Gasteiger partial charge in [0.2, 0.25) is 0 Å². The lowest BCUT2D eigenvalue weighted by Gasteiger charge is -2.31. The highest BCUT2D eigenvalue weighted by atomic mass is 16.4. The van der Waals surface area contributed by atoms with Crippen LogP contribution >= 0.6 is 0 Å². The fourth-order valence-corrected chi connectivity index (χ4v) is 3.61. The van der Waals surface area contributed by atoms with Gasteiger partial charge in [-0.3, -0.25) is 4.79 Å². The molecule has 2 fully saturated rings. The smallest absolute Gasteiger partial charge is 0.306 e. The summed E-state index contributed by atoms with van der Waals surface area (Å²) in [4.78, 5) is 13.6. The van der Waals surface area contributed by atoms with Gasteiger partial charge in [-0.25, -0.2) is 0 Å². The number of carbonyl (C=O) groups is 1. The topological polar surface area (TPSA) is 52.6 Å². The van der Waals surface area contributed by atoms with Gasteiger partial charge in [0.05, 0.1) is 5.92 Å². The number of aliphatic carboxylic acids is 1. The fraction of sp³-hybridized carbons (Fsp3) is 0.938. The minimum absolute atomic E-state index is 0.126. The van der Waals surface area contributed by atoms with Gasteiger partial charge in [0, 0.05) is 12.6 Å². The van der Waals surface area contributed by atoms with Crippen molar-refractivity contribution in [2.24, 2.45) is 11.8 Å². The van der Waals surface area contributed by atoms with Crippen molar-refractivity contribution in [3.05, 3.63) is 0 Å². The van der Waals surface area contributed by atoms with Gasteiger partial charge in [-0.05, 0) is 57.7 Å². The first-order valence-corrected chi connectivity index (χ1v) is 8.33. The van der Waals surface area contributed by atoms with Gasteiger partial charge >= 0.3 is 5.97 Å². The lowest BCUT2D eigenvalue weighted by atomic mass is 9.85. The zero-order valence-corrected chi connectivity index (χ0v) is 12.8. The van der Waals surface area contributed by atoms with Crippen LogP contribution in [0.25, 0.3) is 0 Å². The number of carboxylic acid groups (broad SMARTS) is 1. The summed E-state index contributed by atoms with van der Waals surface area (Å²) in [6.45, 7) is 7.03. The third-order valence-electron chi connectivity index (χ3n) is 4.80. The van der Waals surface area contributed by atoms with Crippen molar-refractivity contribution in [3.63, 3.8) is 0 Å². The van der Waals surface area contributed by atoms with Crippen LogP contribution in [0.5, 0.6) is 0 Å². The Hall–Kier alpha value is -0.610.